The first-order chi connectivity index (χ1) is 23.4. The fraction of sp³-hybridized carbons (Fsp3) is 0.341. The van der Waals surface area contributed by atoms with Gasteiger partial charge in [0.2, 0.25) is 5.91 Å². The molecule has 2 amide bonds. The SMILES string of the molecule is CC(C)(C)C(=O)N1C(=O)[C@H](O)C[C@H]1Cc1ccc(-c2ccccc2)cc1.CCOC(=O)[C@H](O)C[C@H](N)Cc1ccc(-c2ccccc2)cc1. The van der Waals surface area contributed by atoms with Crippen LogP contribution < -0.4 is 5.73 Å². The number of aliphatic hydroxyl groups is 2. The number of carbonyl (C=O) groups excluding carboxylic acids is 3. The van der Waals surface area contributed by atoms with Crippen molar-refractivity contribution < 1.29 is 29.3 Å². The minimum absolute atomic E-state index is 0.194. The second-order valence-electron chi connectivity index (χ2n) is 13.5. The minimum atomic E-state index is -1.16. The first-order valence-corrected chi connectivity index (χ1v) is 16.8. The molecule has 5 rings (SSSR count). The summed E-state index contributed by atoms with van der Waals surface area (Å²) in [5.41, 5.74) is 12.1. The normalized spacial score (nSPS) is 17.1. The van der Waals surface area contributed by atoms with Crippen LogP contribution in [0.3, 0.4) is 0 Å². The Balaban J connectivity index is 0.000000223. The zero-order valence-electron chi connectivity index (χ0n) is 28.8. The molecule has 4 aromatic carbocycles. The highest BCUT2D eigenvalue weighted by Gasteiger charge is 2.45. The van der Waals surface area contributed by atoms with Crippen LogP contribution in [0.1, 0.15) is 51.7 Å². The molecule has 0 unspecified atom stereocenters. The summed E-state index contributed by atoms with van der Waals surface area (Å²) in [6.45, 7) is 7.34. The Bertz CT molecular complexity index is 1650. The molecule has 1 aliphatic heterocycles. The van der Waals surface area contributed by atoms with Crippen molar-refractivity contribution in [1.29, 1.82) is 0 Å². The standard InChI is InChI=1S/C22H25NO3.C19H23NO3/c1-22(2,3)21(26)23-18(14-19(24)20(23)25)13-15-9-11-17(12-10-15)16-7-5-4-6-8-16;1-2-23-19(22)18(21)13-17(20)12-14-8-10-16(11-9-14)15-6-4-3-5-7-15/h4-12,18-19,24H,13-14H2,1-3H3;3-11,17-18,21H,2,12-13,20H2,1H3/t18-,19-;17-,18-/m11/s1. The summed E-state index contributed by atoms with van der Waals surface area (Å²) >= 11 is 0. The van der Waals surface area contributed by atoms with Crippen LogP contribution in [-0.4, -0.2) is 63.8 Å². The number of imide groups is 1. The van der Waals surface area contributed by atoms with Gasteiger partial charge in [-0.15, -0.1) is 0 Å². The average molecular weight is 665 g/mol. The van der Waals surface area contributed by atoms with E-state index in [1.807, 2.05) is 72.8 Å². The number of esters is 1. The van der Waals surface area contributed by atoms with Crippen molar-refractivity contribution in [3.05, 3.63) is 120 Å². The van der Waals surface area contributed by atoms with Gasteiger partial charge in [-0.2, -0.15) is 0 Å². The van der Waals surface area contributed by atoms with Gasteiger partial charge in [-0.25, -0.2) is 4.79 Å². The molecule has 4 aromatic rings. The molecule has 0 spiro atoms. The maximum Gasteiger partial charge on any atom is 0.335 e. The fourth-order valence-electron chi connectivity index (χ4n) is 5.81. The Morgan fingerprint density at radius 1 is 0.816 bits per heavy atom. The van der Waals surface area contributed by atoms with Gasteiger partial charge in [0.25, 0.3) is 5.91 Å². The Labute approximate surface area is 289 Å². The number of benzene rings is 4. The van der Waals surface area contributed by atoms with E-state index in [9.17, 15) is 24.6 Å². The maximum absolute atomic E-state index is 12.7. The predicted octanol–water partition coefficient (Wildman–Crippen LogP) is 5.97. The lowest BCUT2D eigenvalue weighted by molar-refractivity contribution is -0.154. The summed E-state index contributed by atoms with van der Waals surface area (Å²) < 4.78 is 4.77. The number of amides is 2. The summed E-state index contributed by atoms with van der Waals surface area (Å²) in [7, 11) is 0. The second-order valence-corrected chi connectivity index (χ2v) is 13.5. The van der Waals surface area contributed by atoms with Gasteiger partial charge in [-0.3, -0.25) is 14.5 Å². The number of hydrogen-bond donors (Lipinski definition) is 3. The number of ether oxygens (including phenoxy) is 1. The molecule has 4 N–H and O–H groups in total. The van der Waals surface area contributed by atoms with Crippen LogP contribution >= 0.6 is 0 Å². The molecule has 0 aliphatic carbocycles. The van der Waals surface area contributed by atoms with Gasteiger partial charge < -0.3 is 20.7 Å². The van der Waals surface area contributed by atoms with E-state index in [0.717, 1.165) is 27.8 Å². The topological polar surface area (TPSA) is 130 Å². The van der Waals surface area contributed by atoms with Gasteiger partial charge in [0.15, 0.2) is 6.10 Å². The molecule has 1 aliphatic rings. The van der Waals surface area contributed by atoms with Gasteiger partial charge in [-0.05, 0) is 59.6 Å². The molecule has 1 heterocycles. The van der Waals surface area contributed by atoms with E-state index >= 15 is 0 Å². The van der Waals surface area contributed by atoms with Crippen LogP contribution in [0.4, 0.5) is 0 Å². The first kappa shape index (κ1) is 37.2. The minimum Gasteiger partial charge on any atom is -0.464 e. The van der Waals surface area contributed by atoms with Gasteiger partial charge in [0.1, 0.15) is 6.10 Å². The molecule has 0 saturated carbocycles. The average Bonchev–Trinajstić information content (AvgIpc) is 3.37. The molecular formula is C41H48N2O6. The molecule has 0 radical (unpaired) electrons. The molecule has 4 atom stereocenters. The van der Waals surface area contributed by atoms with Gasteiger partial charge in [-0.1, -0.05) is 130 Å². The van der Waals surface area contributed by atoms with Crippen molar-refractivity contribution in [1.82, 2.24) is 4.90 Å². The van der Waals surface area contributed by atoms with Crippen molar-refractivity contribution in [2.45, 2.75) is 77.7 Å². The zero-order chi connectivity index (χ0) is 35.6. The third-order valence-corrected chi connectivity index (χ3v) is 8.42. The Morgan fingerprint density at radius 2 is 1.29 bits per heavy atom. The maximum atomic E-state index is 12.7. The van der Waals surface area contributed by atoms with E-state index in [1.165, 1.54) is 10.5 Å². The van der Waals surface area contributed by atoms with Crippen LogP contribution in [0.25, 0.3) is 22.3 Å². The van der Waals surface area contributed by atoms with Crippen molar-refractivity contribution >= 4 is 17.8 Å². The quantitative estimate of drug-likeness (QED) is 0.178. The van der Waals surface area contributed by atoms with Gasteiger partial charge >= 0.3 is 5.97 Å². The molecule has 8 nitrogen and oxygen atoms in total. The summed E-state index contributed by atoms with van der Waals surface area (Å²) in [6.07, 6.45) is -0.602. The molecule has 1 saturated heterocycles. The molecule has 8 heteroatoms. The van der Waals surface area contributed by atoms with Crippen molar-refractivity contribution in [3.8, 4) is 22.3 Å². The fourth-order valence-corrected chi connectivity index (χ4v) is 5.81. The third kappa shape index (κ3) is 10.4. The summed E-state index contributed by atoms with van der Waals surface area (Å²) in [5, 5.41) is 19.7. The largest absolute Gasteiger partial charge is 0.464 e. The highest BCUT2D eigenvalue weighted by Crippen LogP contribution is 2.29. The van der Waals surface area contributed by atoms with Crippen LogP contribution in [0.2, 0.25) is 0 Å². The van der Waals surface area contributed by atoms with E-state index in [0.29, 0.717) is 19.3 Å². The van der Waals surface area contributed by atoms with Crippen molar-refractivity contribution in [2.24, 2.45) is 11.1 Å². The number of carbonyl (C=O) groups is 3. The lowest BCUT2D eigenvalue weighted by Gasteiger charge is -2.29. The van der Waals surface area contributed by atoms with Gasteiger partial charge in [0, 0.05) is 23.9 Å². The molecule has 258 valence electrons. The monoisotopic (exact) mass is 664 g/mol. The molecule has 1 fully saturated rings. The van der Waals surface area contributed by atoms with E-state index in [1.54, 1.807) is 27.7 Å². The molecule has 0 aromatic heterocycles. The van der Waals surface area contributed by atoms with E-state index in [-0.39, 0.29) is 31.0 Å². The zero-order valence-corrected chi connectivity index (χ0v) is 28.8. The summed E-state index contributed by atoms with van der Waals surface area (Å²) in [6, 6.07) is 36.0. The molecular weight excluding hydrogens is 616 g/mol. The summed E-state index contributed by atoms with van der Waals surface area (Å²) in [5.74, 6) is -1.32. The Kier molecular flexibility index (Phi) is 13.0. The predicted molar refractivity (Wildman–Crippen MR) is 192 cm³/mol. The number of hydrogen-bond acceptors (Lipinski definition) is 7. The highest BCUT2D eigenvalue weighted by molar-refractivity contribution is 6.01. The van der Waals surface area contributed by atoms with Crippen molar-refractivity contribution in [2.75, 3.05) is 6.61 Å². The Morgan fingerprint density at radius 3 is 1.76 bits per heavy atom. The van der Waals surface area contributed by atoms with E-state index in [2.05, 4.69) is 36.4 Å². The van der Waals surface area contributed by atoms with Crippen LogP contribution in [0.15, 0.2) is 109 Å². The number of aliphatic hydroxyl groups excluding tert-OH is 2. The van der Waals surface area contributed by atoms with Crippen molar-refractivity contribution in [3.63, 3.8) is 0 Å². The van der Waals surface area contributed by atoms with Crippen LogP contribution in [-0.2, 0) is 32.0 Å². The lowest BCUT2D eigenvalue weighted by Crippen LogP contribution is -2.46. The molecule has 49 heavy (non-hydrogen) atoms. The lowest BCUT2D eigenvalue weighted by atomic mass is 9.93. The summed E-state index contributed by atoms with van der Waals surface area (Å²) in [4.78, 5) is 37.6. The van der Waals surface area contributed by atoms with Crippen LogP contribution in [0, 0.1) is 5.41 Å². The number of nitrogens with two attached hydrogens (primary N) is 1. The van der Waals surface area contributed by atoms with Crippen LogP contribution in [0.5, 0.6) is 0 Å². The van der Waals surface area contributed by atoms with Gasteiger partial charge in [0.05, 0.1) is 6.61 Å². The molecule has 0 bridgehead atoms. The van der Waals surface area contributed by atoms with E-state index in [4.69, 9.17) is 10.5 Å². The third-order valence-electron chi connectivity index (χ3n) is 8.42. The smallest absolute Gasteiger partial charge is 0.335 e. The van der Waals surface area contributed by atoms with E-state index < -0.39 is 29.5 Å². The number of likely N-dealkylation sites (tertiary alicyclic amines) is 1. The Hall–Kier alpha value is -4.63. The first-order valence-electron chi connectivity index (χ1n) is 16.8. The number of nitrogens with zero attached hydrogens (tertiary/aromatic N) is 1. The highest BCUT2D eigenvalue weighted by atomic mass is 16.5. The second kappa shape index (κ2) is 17.2. The number of rotatable bonds is 10.